The molecule has 0 N–H and O–H groups in total. The Morgan fingerprint density at radius 3 is 2.00 bits per heavy atom. The lowest BCUT2D eigenvalue weighted by atomic mass is 9.89. The zero-order valence-corrected chi connectivity index (χ0v) is 12.9. The van der Waals surface area contributed by atoms with Gasteiger partial charge in [0.1, 0.15) is 0 Å². The van der Waals surface area contributed by atoms with Gasteiger partial charge in [0.25, 0.3) is 0 Å². The van der Waals surface area contributed by atoms with E-state index >= 15 is 0 Å². The van der Waals surface area contributed by atoms with Gasteiger partial charge in [-0.15, -0.1) is 0 Å². The summed E-state index contributed by atoms with van der Waals surface area (Å²) < 4.78 is 0. The van der Waals surface area contributed by atoms with E-state index in [9.17, 15) is 0 Å². The predicted octanol–water partition coefficient (Wildman–Crippen LogP) is 5.95. The fourth-order valence-electron chi connectivity index (χ4n) is 2.93. The summed E-state index contributed by atoms with van der Waals surface area (Å²) in [6.07, 6.45) is 0. The molecule has 0 atom stereocenters. The molecule has 0 saturated carbocycles. The maximum Gasteiger partial charge on any atom is -0.00735 e. The minimum absolute atomic E-state index is 1.29. The highest BCUT2D eigenvalue weighted by Gasteiger charge is 2.11. The van der Waals surface area contributed by atoms with E-state index in [-0.39, 0.29) is 0 Å². The molecule has 0 unspecified atom stereocenters. The topological polar surface area (TPSA) is 0 Å². The van der Waals surface area contributed by atoms with Gasteiger partial charge in [0.2, 0.25) is 0 Å². The Kier molecular flexibility index (Phi) is 3.62. The largest absolute Gasteiger partial charge is 0.0620 e. The number of aryl methyl sites for hydroxylation is 3. The second-order valence-electron chi connectivity index (χ2n) is 5.68. The van der Waals surface area contributed by atoms with Crippen LogP contribution in [0.3, 0.4) is 0 Å². The molecule has 0 amide bonds. The van der Waals surface area contributed by atoms with Crippen LogP contribution in [0, 0.1) is 20.8 Å². The number of hydrogen-bond donors (Lipinski definition) is 0. The minimum atomic E-state index is 1.29. The third-order valence-corrected chi connectivity index (χ3v) is 4.02. The quantitative estimate of drug-likeness (QED) is 0.541. The van der Waals surface area contributed by atoms with Crippen molar-refractivity contribution in [2.75, 3.05) is 0 Å². The highest BCUT2D eigenvalue weighted by Crippen LogP contribution is 2.36. The van der Waals surface area contributed by atoms with Crippen molar-refractivity contribution >= 4 is 0 Å². The molecular weight excluding hydrogens is 252 g/mol. The van der Waals surface area contributed by atoms with Crippen LogP contribution in [0.2, 0.25) is 0 Å². The summed E-state index contributed by atoms with van der Waals surface area (Å²) in [7, 11) is 0. The van der Waals surface area contributed by atoms with E-state index in [4.69, 9.17) is 0 Å². The first-order valence-corrected chi connectivity index (χ1v) is 7.39. The van der Waals surface area contributed by atoms with Crippen molar-refractivity contribution in [2.24, 2.45) is 0 Å². The van der Waals surface area contributed by atoms with Gasteiger partial charge in [-0.25, -0.2) is 0 Å². The summed E-state index contributed by atoms with van der Waals surface area (Å²) in [5, 5.41) is 0. The van der Waals surface area contributed by atoms with E-state index in [0.29, 0.717) is 0 Å². The molecule has 104 valence electrons. The first-order valence-electron chi connectivity index (χ1n) is 7.39. The van der Waals surface area contributed by atoms with Crippen LogP contribution in [0.4, 0.5) is 0 Å². The van der Waals surface area contributed by atoms with Gasteiger partial charge in [-0.3, -0.25) is 0 Å². The minimum Gasteiger partial charge on any atom is -0.0620 e. The van der Waals surface area contributed by atoms with E-state index in [1.165, 1.54) is 38.9 Å². The number of benzene rings is 3. The van der Waals surface area contributed by atoms with Crippen molar-refractivity contribution in [1.29, 1.82) is 0 Å². The predicted molar refractivity (Wildman–Crippen MR) is 91.5 cm³/mol. The lowest BCUT2D eigenvalue weighted by molar-refractivity contribution is 1.40. The van der Waals surface area contributed by atoms with Gasteiger partial charge in [-0.05, 0) is 54.2 Å². The first-order chi connectivity index (χ1) is 10.2. The molecule has 0 heterocycles. The molecule has 3 rings (SSSR count). The van der Waals surface area contributed by atoms with Crippen molar-refractivity contribution in [3.05, 3.63) is 83.4 Å². The van der Waals surface area contributed by atoms with Gasteiger partial charge in [0, 0.05) is 0 Å². The lowest BCUT2D eigenvalue weighted by Gasteiger charge is -2.15. The SMILES string of the molecule is Cc1cccc(-c2cccc(C)c2-c2ccccc2C)c1. The van der Waals surface area contributed by atoms with E-state index in [1.54, 1.807) is 0 Å². The Hall–Kier alpha value is -2.34. The molecule has 3 aromatic carbocycles. The second-order valence-corrected chi connectivity index (χ2v) is 5.68. The average molecular weight is 272 g/mol. The van der Waals surface area contributed by atoms with Crippen LogP contribution in [-0.4, -0.2) is 0 Å². The van der Waals surface area contributed by atoms with Gasteiger partial charge in [-0.2, -0.15) is 0 Å². The molecule has 0 aliphatic carbocycles. The molecule has 0 fully saturated rings. The van der Waals surface area contributed by atoms with E-state index in [2.05, 4.69) is 87.5 Å². The van der Waals surface area contributed by atoms with Gasteiger partial charge >= 0.3 is 0 Å². The standard InChI is InChI=1S/C21H20/c1-15-8-6-11-18(14-15)20-13-7-10-17(3)21(20)19-12-5-4-9-16(19)2/h4-14H,1-3H3. The van der Waals surface area contributed by atoms with Crippen molar-refractivity contribution in [3.8, 4) is 22.3 Å². The molecular formula is C21H20. The van der Waals surface area contributed by atoms with Gasteiger partial charge in [0.15, 0.2) is 0 Å². The zero-order valence-electron chi connectivity index (χ0n) is 12.9. The van der Waals surface area contributed by atoms with Crippen LogP contribution in [0.25, 0.3) is 22.3 Å². The Balaban J connectivity index is 2.29. The summed E-state index contributed by atoms with van der Waals surface area (Å²) in [5.41, 5.74) is 9.21. The molecule has 0 bridgehead atoms. The Labute approximate surface area is 127 Å². The third-order valence-electron chi connectivity index (χ3n) is 4.02. The monoisotopic (exact) mass is 272 g/mol. The summed E-state index contributed by atoms with van der Waals surface area (Å²) in [6, 6.07) is 23.9. The molecule has 0 nitrogen and oxygen atoms in total. The van der Waals surface area contributed by atoms with Crippen LogP contribution in [0.1, 0.15) is 16.7 Å². The summed E-state index contributed by atoms with van der Waals surface area (Å²) >= 11 is 0. The average Bonchev–Trinajstić information content (AvgIpc) is 2.48. The molecule has 0 aromatic heterocycles. The molecule has 0 radical (unpaired) electrons. The maximum atomic E-state index is 2.26. The van der Waals surface area contributed by atoms with Gasteiger partial charge in [0.05, 0.1) is 0 Å². The normalized spacial score (nSPS) is 10.6. The molecule has 0 spiro atoms. The van der Waals surface area contributed by atoms with Crippen molar-refractivity contribution < 1.29 is 0 Å². The summed E-state index contributed by atoms with van der Waals surface area (Å²) in [6.45, 7) is 6.52. The Morgan fingerprint density at radius 1 is 0.571 bits per heavy atom. The Morgan fingerprint density at radius 2 is 1.24 bits per heavy atom. The lowest BCUT2D eigenvalue weighted by Crippen LogP contribution is -1.91. The fraction of sp³-hybridized carbons (Fsp3) is 0.143. The molecule has 21 heavy (non-hydrogen) atoms. The Bertz CT molecular complexity index is 782. The third kappa shape index (κ3) is 2.62. The number of hydrogen-bond acceptors (Lipinski definition) is 0. The summed E-state index contributed by atoms with van der Waals surface area (Å²) in [5.74, 6) is 0. The molecule has 0 saturated heterocycles. The highest BCUT2D eigenvalue weighted by atomic mass is 14.2. The molecule has 3 aromatic rings. The fourth-order valence-corrected chi connectivity index (χ4v) is 2.93. The highest BCUT2D eigenvalue weighted by molar-refractivity contribution is 5.87. The zero-order chi connectivity index (χ0) is 14.8. The first kappa shape index (κ1) is 13.6. The van der Waals surface area contributed by atoms with E-state index in [1.807, 2.05) is 0 Å². The van der Waals surface area contributed by atoms with Crippen LogP contribution in [0.15, 0.2) is 66.7 Å². The second kappa shape index (κ2) is 5.57. The maximum absolute atomic E-state index is 2.26. The van der Waals surface area contributed by atoms with Crippen molar-refractivity contribution in [3.63, 3.8) is 0 Å². The van der Waals surface area contributed by atoms with E-state index < -0.39 is 0 Å². The molecule has 0 aliphatic rings. The van der Waals surface area contributed by atoms with Crippen LogP contribution >= 0.6 is 0 Å². The van der Waals surface area contributed by atoms with Crippen molar-refractivity contribution in [1.82, 2.24) is 0 Å². The number of rotatable bonds is 2. The molecule has 0 heteroatoms. The van der Waals surface area contributed by atoms with Crippen LogP contribution < -0.4 is 0 Å². The molecule has 0 aliphatic heterocycles. The van der Waals surface area contributed by atoms with Gasteiger partial charge in [-0.1, -0.05) is 72.3 Å². The van der Waals surface area contributed by atoms with Gasteiger partial charge < -0.3 is 0 Å². The van der Waals surface area contributed by atoms with E-state index in [0.717, 1.165) is 0 Å². The smallest absolute Gasteiger partial charge is 0.00735 e. The van der Waals surface area contributed by atoms with Crippen molar-refractivity contribution in [2.45, 2.75) is 20.8 Å². The van der Waals surface area contributed by atoms with Crippen LogP contribution in [-0.2, 0) is 0 Å². The summed E-state index contributed by atoms with van der Waals surface area (Å²) in [4.78, 5) is 0. The van der Waals surface area contributed by atoms with Crippen LogP contribution in [0.5, 0.6) is 0 Å².